The zero-order chi connectivity index (χ0) is 18.5. The highest BCUT2D eigenvalue weighted by Crippen LogP contribution is 2.11. The quantitative estimate of drug-likeness (QED) is 0.596. The molecule has 2 amide bonds. The van der Waals surface area contributed by atoms with Crippen molar-refractivity contribution < 1.29 is 24.0 Å². The fraction of sp³-hybridized carbons (Fsp3) is 0.294. The number of nitrogens with zero attached hydrogens (tertiary/aromatic N) is 3. The van der Waals surface area contributed by atoms with Crippen LogP contribution < -0.4 is 5.59 Å². The van der Waals surface area contributed by atoms with Gasteiger partial charge in [-0.05, 0) is 12.1 Å². The van der Waals surface area contributed by atoms with E-state index in [1.165, 1.54) is 16.0 Å². The van der Waals surface area contributed by atoms with Crippen molar-refractivity contribution in [3.63, 3.8) is 0 Å². The van der Waals surface area contributed by atoms with Crippen LogP contribution in [0.15, 0.2) is 47.1 Å². The van der Waals surface area contributed by atoms with E-state index in [-0.39, 0.29) is 11.4 Å². The van der Waals surface area contributed by atoms with E-state index in [0.29, 0.717) is 31.9 Å². The van der Waals surface area contributed by atoms with Crippen molar-refractivity contribution in [2.24, 2.45) is 4.99 Å². The van der Waals surface area contributed by atoms with Crippen molar-refractivity contribution in [2.45, 2.75) is 0 Å². The highest BCUT2D eigenvalue weighted by Gasteiger charge is 2.28. The molecular formula is C17H18N4O5. The van der Waals surface area contributed by atoms with E-state index < -0.39 is 17.8 Å². The van der Waals surface area contributed by atoms with Gasteiger partial charge in [0.2, 0.25) is 0 Å². The van der Waals surface area contributed by atoms with Crippen LogP contribution in [0, 0.1) is 0 Å². The third kappa shape index (κ3) is 3.95. The van der Waals surface area contributed by atoms with E-state index >= 15 is 0 Å². The molecule has 9 heteroatoms. The van der Waals surface area contributed by atoms with E-state index in [4.69, 9.17) is 4.74 Å². The summed E-state index contributed by atoms with van der Waals surface area (Å²) in [6.07, 6.45) is 1.25. The van der Waals surface area contributed by atoms with Crippen molar-refractivity contribution in [2.75, 3.05) is 33.4 Å². The average molecular weight is 358 g/mol. The Morgan fingerprint density at radius 1 is 1.19 bits per heavy atom. The predicted octanol–water partition coefficient (Wildman–Crippen LogP) is -0.0813. The number of morpholine rings is 1. The molecular weight excluding hydrogens is 340 g/mol. The average Bonchev–Trinajstić information content (AvgIpc) is 3.00. The summed E-state index contributed by atoms with van der Waals surface area (Å²) in [6.45, 7) is 1.59. The standard InChI is InChI=1S/C17H18N4O5/c1-20-14(17(24)26-19-20)11-13(16(23)21-7-9-25-10-8-21)18-15(22)12-5-3-2-4-6-12/h2-6,11,19H,7-10H2,1H3/b14-11+,18-13?. The number of hydrogen-bond acceptors (Lipinski definition) is 7. The second kappa shape index (κ2) is 7.89. The molecule has 1 aromatic rings. The number of carbonyl (C=O) groups excluding carboxylic acids is 3. The van der Waals surface area contributed by atoms with Gasteiger partial charge in [-0.2, -0.15) is 0 Å². The van der Waals surface area contributed by atoms with E-state index in [1.807, 2.05) is 0 Å². The Bertz CT molecular complexity index is 769. The second-order valence-electron chi connectivity index (χ2n) is 5.64. The Morgan fingerprint density at radius 3 is 2.50 bits per heavy atom. The van der Waals surface area contributed by atoms with Gasteiger partial charge in [0, 0.05) is 31.8 Å². The SMILES string of the molecule is CN1NOC(=O)/C1=C\C(=NC(=O)c1ccccc1)C(=O)N1CCOCC1. The lowest BCUT2D eigenvalue weighted by Crippen LogP contribution is -2.44. The van der Waals surface area contributed by atoms with Crippen molar-refractivity contribution in [1.82, 2.24) is 15.5 Å². The van der Waals surface area contributed by atoms with E-state index in [0.717, 1.165) is 0 Å². The van der Waals surface area contributed by atoms with Crippen molar-refractivity contribution >= 4 is 23.5 Å². The largest absolute Gasteiger partial charge is 0.378 e. The van der Waals surface area contributed by atoms with Crippen LogP contribution in [0.3, 0.4) is 0 Å². The van der Waals surface area contributed by atoms with Crippen molar-refractivity contribution in [3.8, 4) is 0 Å². The minimum atomic E-state index is -0.665. The second-order valence-corrected chi connectivity index (χ2v) is 5.64. The van der Waals surface area contributed by atoms with Gasteiger partial charge in [0.15, 0.2) is 0 Å². The lowest BCUT2D eigenvalue weighted by atomic mass is 10.2. The Hall–Kier alpha value is -3.04. The Labute approximate surface area is 149 Å². The third-order valence-electron chi connectivity index (χ3n) is 3.88. The van der Waals surface area contributed by atoms with Gasteiger partial charge in [0.25, 0.3) is 11.8 Å². The summed E-state index contributed by atoms with van der Waals surface area (Å²) >= 11 is 0. The molecule has 2 aliphatic heterocycles. The molecule has 2 fully saturated rings. The molecule has 26 heavy (non-hydrogen) atoms. The molecule has 0 atom stereocenters. The van der Waals surface area contributed by atoms with Gasteiger partial charge < -0.3 is 14.5 Å². The first kappa shape index (κ1) is 17.8. The number of rotatable bonds is 3. The molecule has 2 aliphatic rings. The third-order valence-corrected chi connectivity index (χ3v) is 3.88. The van der Waals surface area contributed by atoms with E-state index in [9.17, 15) is 14.4 Å². The fourth-order valence-corrected chi connectivity index (χ4v) is 2.46. The number of benzene rings is 1. The minimum absolute atomic E-state index is 0.0752. The van der Waals surface area contributed by atoms with Gasteiger partial charge in [-0.3, -0.25) is 14.6 Å². The summed E-state index contributed by atoms with van der Waals surface area (Å²) in [5, 5.41) is 1.30. The van der Waals surface area contributed by atoms with Gasteiger partial charge >= 0.3 is 5.97 Å². The summed E-state index contributed by atoms with van der Waals surface area (Å²) in [5.41, 5.74) is 2.64. The maximum absolute atomic E-state index is 12.8. The molecule has 0 aromatic heterocycles. The maximum atomic E-state index is 12.8. The van der Waals surface area contributed by atoms with Crippen LogP contribution in [0.5, 0.6) is 0 Å². The zero-order valence-corrected chi connectivity index (χ0v) is 14.2. The summed E-state index contributed by atoms with van der Waals surface area (Å²) < 4.78 is 5.24. The number of hydrazine groups is 1. The molecule has 1 N–H and O–H groups in total. The Kier molecular flexibility index (Phi) is 5.40. The van der Waals surface area contributed by atoms with Gasteiger partial charge in [0.05, 0.1) is 13.2 Å². The van der Waals surface area contributed by atoms with Crippen molar-refractivity contribution in [3.05, 3.63) is 47.7 Å². The van der Waals surface area contributed by atoms with Gasteiger partial charge in [-0.1, -0.05) is 23.8 Å². The number of amides is 2. The molecule has 0 spiro atoms. The molecule has 0 bridgehead atoms. The highest BCUT2D eigenvalue weighted by molar-refractivity contribution is 6.45. The van der Waals surface area contributed by atoms with Crippen LogP contribution >= 0.6 is 0 Å². The minimum Gasteiger partial charge on any atom is -0.378 e. The number of hydrogen-bond donors (Lipinski definition) is 1. The van der Waals surface area contributed by atoms with E-state index in [1.54, 1.807) is 37.4 Å². The fourth-order valence-electron chi connectivity index (χ4n) is 2.46. The number of carbonyl (C=O) groups is 3. The molecule has 1 aromatic carbocycles. The smallest absolute Gasteiger partial charge is 0.376 e. The molecule has 0 radical (unpaired) electrons. The van der Waals surface area contributed by atoms with E-state index in [2.05, 4.69) is 15.4 Å². The molecule has 2 heterocycles. The van der Waals surface area contributed by atoms with Crippen molar-refractivity contribution in [1.29, 1.82) is 0 Å². The number of ether oxygens (including phenoxy) is 1. The molecule has 9 nitrogen and oxygen atoms in total. The van der Waals surface area contributed by atoms with Gasteiger partial charge in [0.1, 0.15) is 11.4 Å². The molecule has 0 aliphatic carbocycles. The summed E-state index contributed by atoms with van der Waals surface area (Å²) in [6, 6.07) is 8.39. The highest BCUT2D eigenvalue weighted by atomic mass is 16.7. The van der Waals surface area contributed by atoms with Crippen LogP contribution in [0.2, 0.25) is 0 Å². The number of nitrogens with one attached hydrogen (secondary N) is 1. The Morgan fingerprint density at radius 2 is 1.88 bits per heavy atom. The molecule has 0 unspecified atom stereocenters. The van der Waals surface area contributed by atoms with Crippen LogP contribution in [-0.2, 0) is 19.2 Å². The summed E-state index contributed by atoms with van der Waals surface area (Å²) in [7, 11) is 1.55. The number of aliphatic imine (C=N–C) groups is 1. The van der Waals surface area contributed by atoms with Crippen LogP contribution in [0.1, 0.15) is 10.4 Å². The summed E-state index contributed by atoms with van der Waals surface area (Å²) in [5.74, 6) is -1.68. The summed E-state index contributed by atoms with van der Waals surface area (Å²) in [4.78, 5) is 47.2. The lowest BCUT2D eigenvalue weighted by molar-refractivity contribution is -0.142. The number of likely N-dealkylation sites (N-methyl/N-ethyl adjacent to an activating group) is 1. The molecule has 136 valence electrons. The van der Waals surface area contributed by atoms with Crippen LogP contribution in [0.4, 0.5) is 0 Å². The first-order valence-corrected chi connectivity index (χ1v) is 8.03. The molecule has 3 rings (SSSR count). The molecule has 2 saturated heterocycles. The van der Waals surface area contributed by atoms with Crippen LogP contribution in [-0.4, -0.2) is 66.8 Å². The first-order valence-electron chi connectivity index (χ1n) is 8.03. The molecule has 0 saturated carbocycles. The topological polar surface area (TPSA) is 101 Å². The normalized spacial score (nSPS) is 19.7. The van der Waals surface area contributed by atoms with Gasteiger partial charge in [-0.25, -0.2) is 9.79 Å². The van der Waals surface area contributed by atoms with Gasteiger partial charge in [-0.15, -0.1) is 0 Å². The zero-order valence-electron chi connectivity index (χ0n) is 14.2. The maximum Gasteiger partial charge on any atom is 0.376 e. The van der Waals surface area contributed by atoms with Crippen LogP contribution in [0.25, 0.3) is 0 Å². The Balaban J connectivity index is 1.94. The predicted molar refractivity (Wildman–Crippen MR) is 90.7 cm³/mol. The monoisotopic (exact) mass is 358 g/mol. The first-order chi connectivity index (χ1) is 12.6. The lowest BCUT2D eigenvalue weighted by Gasteiger charge is -2.26.